The number of nitrogens with zero attached hydrogens (tertiary/aromatic N) is 1. The average molecular weight is 330 g/mol. The van der Waals surface area contributed by atoms with Crippen LogP contribution in [0.15, 0.2) is 41.6 Å². The third-order valence-electron chi connectivity index (χ3n) is 4.31. The summed E-state index contributed by atoms with van der Waals surface area (Å²) in [4.78, 5) is 26.8. The predicted octanol–water partition coefficient (Wildman–Crippen LogP) is 2.38. The van der Waals surface area contributed by atoms with E-state index in [-0.39, 0.29) is 18.7 Å². The lowest BCUT2D eigenvalue weighted by molar-refractivity contribution is -0.140. The Labute approximate surface area is 141 Å². The molecule has 24 heavy (non-hydrogen) atoms. The standard InChI is InChI=1S/C18H22N2O4/c1-12-15(17(21)24-11-10-23-2)16(13-6-4-3-5-7-13)19-18(22)20(12)14-8-9-14/h3-7,14,16H,8-11H2,1-2H3,(H,19,22)/t16-/m1/s1. The quantitative estimate of drug-likeness (QED) is 0.642. The normalized spacial score (nSPS) is 20.8. The van der Waals surface area contributed by atoms with Crippen LogP contribution in [0.3, 0.4) is 0 Å². The van der Waals surface area contributed by atoms with Crippen LogP contribution in [0, 0.1) is 0 Å². The molecule has 2 amide bonds. The Hall–Kier alpha value is -2.34. The van der Waals surface area contributed by atoms with Gasteiger partial charge in [-0.25, -0.2) is 9.59 Å². The molecular weight excluding hydrogens is 308 g/mol. The van der Waals surface area contributed by atoms with Crippen molar-refractivity contribution in [2.45, 2.75) is 31.8 Å². The number of amides is 2. The van der Waals surface area contributed by atoms with E-state index < -0.39 is 12.0 Å². The molecule has 0 spiro atoms. The van der Waals surface area contributed by atoms with Crippen molar-refractivity contribution in [1.29, 1.82) is 0 Å². The molecule has 0 aromatic heterocycles. The van der Waals surface area contributed by atoms with Crippen LogP contribution in [0.25, 0.3) is 0 Å². The van der Waals surface area contributed by atoms with Gasteiger partial charge >= 0.3 is 12.0 Å². The number of carbonyl (C=O) groups excluding carboxylic acids is 2. The van der Waals surface area contributed by atoms with Gasteiger partial charge in [0.2, 0.25) is 0 Å². The van der Waals surface area contributed by atoms with Gasteiger partial charge in [-0.05, 0) is 25.3 Å². The molecule has 6 heteroatoms. The maximum atomic E-state index is 12.6. The molecule has 1 atom stereocenters. The molecule has 0 unspecified atom stereocenters. The fourth-order valence-corrected chi connectivity index (χ4v) is 2.99. The summed E-state index contributed by atoms with van der Waals surface area (Å²) in [7, 11) is 1.56. The van der Waals surface area contributed by atoms with Gasteiger partial charge in [0.25, 0.3) is 0 Å². The SMILES string of the molecule is COCCOC(=O)C1=C(C)N(C2CC2)C(=O)N[C@@H]1c1ccccc1. The minimum absolute atomic E-state index is 0.155. The maximum absolute atomic E-state index is 12.6. The zero-order valence-corrected chi connectivity index (χ0v) is 14.0. The summed E-state index contributed by atoms with van der Waals surface area (Å²) in [5.41, 5.74) is 2.03. The van der Waals surface area contributed by atoms with Crippen molar-refractivity contribution < 1.29 is 19.1 Å². The fraction of sp³-hybridized carbons (Fsp3) is 0.444. The monoisotopic (exact) mass is 330 g/mol. The van der Waals surface area contributed by atoms with E-state index in [1.807, 2.05) is 37.3 Å². The topological polar surface area (TPSA) is 67.9 Å². The zero-order chi connectivity index (χ0) is 17.1. The first-order valence-corrected chi connectivity index (χ1v) is 8.15. The second-order valence-corrected chi connectivity index (χ2v) is 6.02. The fourth-order valence-electron chi connectivity index (χ4n) is 2.99. The summed E-state index contributed by atoms with van der Waals surface area (Å²) >= 11 is 0. The highest BCUT2D eigenvalue weighted by Gasteiger charge is 2.42. The van der Waals surface area contributed by atoms with Crippen LogP contribution >= 0.6 is 0 Å². The van der Waals surface area contributed by atoms with Crippen LogP contribution in [0.4, 0.5) is 4.79 Å². The van der Waals surface area contributed by atoms with Crippen LogP contribution in [0.1, 0.15) is 31.4 Å². The third-order valence-corrected chi connectivity index (χ3v) is 4.31. The van der Waals surface area contributed by atoms with E-state index in [0.29, 0.717) is 17.9 Å². The summed E-state index contributed by atoms with van der Waals surface area (Å²) in [5, 5.41) is 2.95. The number of rotatable bonds is 6. The van der Waals surface area contributed by atoms with Gasteiger partial charge in [0.05, 0.1) is 18.2 Å². The van der Waals surface area contributed by atoms with Crippen molar-refractivity contribution in [2.24, 2.45) is 0 Å². The second kappa shape index (κ2) is 7.05. The first-order chi connectivity index (χ1) is 11.6. The van der Waals surface area contributed by atoms with E-state index >= 15 is 0 Å². The molecule has 0 bridgehead atoms. The van der Waals surface area contributed by atoms with Gasteiger partial charge in [-0.15, -0.1) is 0 Å². The highest BCUT2D eigenvalue weighted by atomic mass is 16.6. The van der Waals surface area contributed by atoms with Crippen molar-refractivity contribution in [3.05, 3.63) is 47.2 Å². The number of carbonyl (C=O) groups is 2. The van der Waals surface area contributed by atoms with Crippen molar-refractivity contribution in [3.63, 3.8) is 0 Å². The molecule has 1 heterocycles. The second-order valence-electron chi connectivity index (χ2n) is 6.02. The lowest BCUT2D eigenvalue weighted by Crippen LogP contribution is -2.48. The number of urea groups is 1. The molecule has 128 valence electrons. The lowest BCUT2D eigenvalue weighted by atomic mass is 9.95. The van der Waals surface area contributed by atoms with Crippen molar-refractivity contribution in [1.82, 2.24) is 10.2 Å². The van der Waals surface area contributed by atoms with E-state index in [4.69, 9.17) is 9.47 Å². The van der Waals surface area contributed by atoms with Gasteiger partial charge in [-0.2, -0.15) is 0 Å². The van der Waals surface area contributed by atoms with E-state index in [0.717, 1.165) is 18.4 Å². The summed E-state index contributed by atoms with van der Waals surface area (Å²) < 4.78 is 10.3. The Kier molecular flexibility index (Phi) is 4.85. The molecule has 1 aliphatic carbocycles. The van der Waals surface area contributed by atoms with Crippen LogP contribution in [0.5, 0.6) is 0 Å². The summed E-state index contributed by atoms with van der Waals surface area (Å²) in [5.74, 6) is -0.413. The van der Waals surface area contributed by atoms with Gasteiger partial charge in [0.15, 0.2) is 0 Å². The Morgan fingerprint density at radius 1 is 1.25 bits per heavy atom. The van der Waals surface area contributed by atoms with E-state index in [1.165, 1.54) is 0 Å². The molecule has 1 aliphatic heterocycles. The summed E-state index contributed by atoms with van der Waals surface area (Å²) in [6, 6.07) is 9.00. The Bertz CT molecular complexity index is 652. The lowest BCUT2D eigenvalue weighted by Gasteiger charge is -2.35. The first kappa shape index (κ1) is 16.5. The van der Waals surface area contributed by atoms with Gasteiger partial charge in [-0.1, -0.05) is 30.3 Å². The van der Waals surface area contributed by atoms with E-state index in [2.05, 4.69) is 5.32 Å². The molecule has 1 fully saturated rings. The zero-order valence-electron chi connectivity index (χ0n) is 14.0. The molecule has 1 aromatic rings. The van der Waals surface area contributed by atoms with Crippen LogP contribution in [-0.4, -0.2) is 43.3 Å². The highest BCUT2D eigenvalue weighted by Crippen LogP contribution is 2.37. The summed E-state index contributed by atoms with van der Waals surface area (Å²) in [6.07, 6.45) is 1.93. The minimum atomic E-state index is -0.497. The number of allylic oxidation sites excluding steroid dienone is 1. The molecule has 3 rings (SSSR count). The number of esters is 1. The Morgan fingerprint density at radius 2 is 1.96 bits per heavy atom. The average Bonchev–Trinajstić information content (AvgIpc) is 3.40. The van der Waals surface area contributed by atoms with Crippen LogP contribution in [-0.2, 0) is 14.3 Å². The van der Waals surface area contributed by atoms with E-state index in [9.17, 15) is 9.59 Å². The maximum Gasteiger partial charge on any atom is 0.338 e. The number of hydrogen-bond donors (Lipinski definition) is 1. The molecule has 1 N–H and O–H groups in total. The number of ether oxygens (including phenoxy) is 2. The van der Waals surface area contributed by atoms with Crippen molar-refractivity contribution in [3.8, 4) is 0 Å². The smallest absolute Gasteiger partial charge is 0.338 e. The highest BCUT2D eigenvalue weighted by molar-refractivity contribution is 5.95. The molecule has 1 saturated carbocycles. The predicted molar refractivity (Wildman–Crippen MR) is 88.1 cm³/mol. The van der Waals surface area contributed by atoms with Crippen molar-refractivity contribution >= 4 is 12.0 Å². The first-order valence-electron chi connectivity index (χ1n) is 8.15. The van der Waals surface area contributed by atoms with Crippen LogP contribution in [0.2, 0.25) is 0 Å². The largest absolute Gasteiger partial charge is 0.460 e. The minimum Gasteiger partial charge on any atom is -0.460 e. The molecule has 2 aliphatic rings. The van der Waals surface area contributed by atoms with Gasteiger partial charge in [-0.3, -0.25) is 4.90 Å². The molecular formula is C18H22N2O4. The van der Waals surface area contributed by atoms with Gasteiger partial charge < -0.3 is 14.8 Å². The van der Waals surface area contributed by atoms with Gasteiger partial charge in [0, 0.05) is 18.8 Å². The summed E-state index contributed by atoms with van der Waals surface area (Å²) in [6.45, 7) is 2.34. The van der Waals surface area contributed by atoms with Gasteiger partial charge in [0.1, 0.15) is 6.61 Å². The molecule has 1 aromatic carbocycles. The van der Waals surface area contributed by atoms with E-state index in [1.54, 1.807) is 12.0 Å². The molecule has 0 saturated heterocycles. The number of benzene rings is 1. The van der Waals surface area contributed by atoms with Crippen molar-refractivity contribution in [2.75, 3.05) is 20.3 Å². The molecule has 0 radical (unpaired) electrons. The third kappa shape index (κ3) is 3.28. The number of methoxy groups -OCH3 is 1. The van der Waals surface area contributed by atoms with Crippen LogP contribution < -0.4 is 5.32 Å². The Morgan fingerprint density at radius 3 is 2.58 bits per heavy atom. The number of nitrogens with one attached hydrogen (secondary N) is 1. The number of hydrogen-bond acceptors (Lipinski definition) is 4. The molecule has 6 nitrogen and oxygen atoms in total. The Balaban J connectivity index is 1.94.